The highest BCUT2D eigenvalue weighted by molar-refractivity contribution is 7.07. The van der Waals surface area contributed by atoms with Crippen LogP contribution in [0, 0.1) is 0 Å². The number of aromatic nitrogens is 3. The maximum atomic E-state index is 4.34. The van der Waals surface area contributed by atoms with Gasteiger partial charge in [-0.1, -0.05) is 12.1 Å². The van der Waals surface area contributed by atoms with E-state index in [1.165, 1.54) is 0 Å². The van der Waals surface area contributed by atoms with E-state index in [9.17, 15) is 0 Å². The minimum Gasteiger partial charge on any atom is -0.375 e. The van der Waals surface area contributed by atoms with Crippen LogP contribution in [0.25, 0.3) is 5.69 Å². The molecule has 0 fully saturated rings. The Morgan fingerprint density at radius 3 is 2.89 bits per heavy atom. The lowest BCUT2D eigenvalue weighted by Crippen LogP contribution is -2.09. The molecule has 96 valence electrons. The van der Waals surface area contributed by atoms with E-state index in [4.69, 9.17) is 0 Å². The molecule has 0 saturated heterocycles. The van der Waals surface area contributed by atoms with Gasteiger partial charge < -0.3 is 5.32 Å². The fourth-order valence-corrected chi connectivity index (χ4v) is 2.60. The second-order valence-corrected chi connectivity index (χ2v) is 4.97. The first-order chi connectivity index (χ1) is 9.34. The van der Waals surface area contributed by atoms with Crippen molar-refractivity contribution in [2.75, 3.05) is 5.32 Å². The molecule has 2 aromatic heterocycles. The summed E-state index contributed by atoms with van der Waals surface area (Å²) in [5.74, 6) is 0. The van der Waals surface area contributed by atoms with Gasteiger partial charge in [0.15, 0.2) is 0 Å². The van der Waals surface area contributed by atoms with Crippen molar-refractivity contribution in [1.82, 2.24) is 14.8 Å². The molecular formula is C14H14N4S. The van der Waals surface area contributed by atoms with Crippen LogP contribution in [0.3, 0.4) is 0 Å². The second-order valence-electron chi connectivity index (χ2n) is 4.25. The number of rotatable bonds is 4. The first-order valence-electron chi connectivity index (χ1n) is 6.08. The van der Waals surface area contributed by atoms with Gasteiger partial charge in [-0.2, -0.15) is 5.10 Å². The third-order valence-corrected chi connectivity index (χ3v) is 3.53. The summed E-state index contributed by atoms with van der Waals surface area (Å²) < 4.78 is 1.86. The van der Waals surface area contributed by atoms with Crippen molar-refractivity contribution in [3.05, 3.63) is 59.3 Å². The quantitative estimate of drug-likeness (QED) is 0.789. The monoisotopic (exact) mass is 270 g/mol. The normalized spacial score (nSPS) is 12.3. The summed E-state index contributed by atoms with van der Waals surface area (Å²) in [6, 6.07) is 10.2. The highest BCUT2D eigenvalue weighted by Gasteiger charge is 2.10. The number of benzene rings is 1. The number of thiazole rings is 1. The molecule has 0 aliphatic carbocycles. The van der Waals surface area contributed by atoms with E-state index < -0.39 is 0 Å². The number of anilines is 1. The molecule has 0 amide bonds. The number of hydrogen-bond donors (Lipinski definition) is 1. The molecule has 0 bridgehead atoms. The third-order valence-electron chi connectivity index (χ3n) is 2.92. The molecule has 1 atom stereocenters. The van der Waals surface area contributed by atoms with Crippen LogP contribution in [0.2, 0.25) is 0 Å². The molecular weight excluding hydrogens is 256 g/mol. The minimum atomic E-state index is 0.169. The zero-order valence-electron chi connectivity index (χ0n) is 10.5. The lowest BCUT2D eigenvalue weighted by atomic mass is 10.2. The standard InChI is InChI=1S/C14H14N4S/c1-11(13-9-19-10-15-13)17-12-5-2-3-6-14(12)18-8-4-7-16-18/h2-11,17H,1H3. The van der Waals surface area contributed by atoms with Crippen LogP contribution in [0.1, 0.15) is 18.7 Å². The van der Waals surface area contributed by atoms with Gasteiger partial charge >= 0.3 is 0 Å². The molecule has 0 aliphatic rings. The fourth-order valence-electron chi connectivity index (χ4n) is 1.95. The van der Waals surface area contributed by atoms with Gasteiger partial charge in [0.1, 0.15) is 0 Å². The molecule has 1 N–H and O–H groups in total. The maximum Gasteiger partial charge on any atom is 0.0877 e. The molecule has 1 aromatic carbocycles. The summed E-state index contributed by atoms with van der Waals surface area (Å²) in [6.45, 7) is 2.11. The van der Waals surface area contributed by atoms with Gasteiger partial charge in [-0.15, -0.1) is 11.3 Å². The van der Waals surface area contributed by atoms with Gasteiger partial charge in [0, 0.05) is 17.8 Å². The molecule has 1 unspecified atom stereocenters. The van der Waals surface area contributed by atoms with Gasteiger partial charge in [-0.25, -0.2) is 9.67 Å². The Morgan fingerprint density at radius 1 is 1.26 bits per heavy atom. The van der Waals surface area contributed by atoms with Crippen molar-refractivity contribution in [1.29, 1.82) is 0 Å². The zero-order valence-corrected chi connectivity index (χ0v) is 11.3. The molecule has 19 heavy (non-hydrogen) atoms. The third kappa shape index (κ3) is 2.51. The summed E-state index contributed by atoms with van der Waals surface area (Å²) in [4.78, 5) is 4.34. The SMILES string of the molecule is CC(Nc1ccccc1-n1cccn1)c1cscn1. The van der Waals surface area contributed by atoms with Crippen LogP contribution in [-0.4, -0.2) is 14.8 Å². The molecule has 0 spiro atoms. The van der Waals surface area contributed by atoms with Gasteiger partial charge in [0.05, 0.1) is 28.6 Å². The van der Waals surface area contributed by atoms with E-state index in [1.54, 1.807) is 17.5 Å². The topological polar surface area (TPSA) is 42.7 Å². The maximum absolute atomic E-state index is 4.34. The van der Waals surface area contributed by atoms with Crippen LogP contribution < -0.4 is 5.32 Å². The molecule has 4 nitrogen and oxygen atoms in total. The predicted molar refractivity (Wildman–Crippen MR) is 77.7 cm³/mol. The lowest BCUT2D eigenvalue weighted by Gasteiger charge is -2.16. The highest BCUT2D eigenvalue weighted by atomic mass is 32.1. The second kappa shape index (κ2) is 5.24. The van der Waals surface area contributed by atoms with Crippen molar-refractivity contribution in [3.8, 4) is 5.69 Å². The number of nitrogens with one attached hydrogen (secondary N) is 1. The van der Waals surface area contributed by atoms with Crippen molar-refractivity contribution in [2.24, 2.45) is 0 Å². The van der Waals surface area contributed by atoms with Crippen molar-refractivity contribution in [2.45, 2.75) is 13.0 Å². The Bertz CT molecular complexity index is 631. The number of hydrogen-bond acceptors (Lipinski definition) is 4. The molecule has 3 aromatic rings. The largest absolute Gasteiger partial charge is 0.375 e. The number of para-hydroxylation sites is 2. The van der Waals surface area contributed by atoms with Crippen LogP contribution in [0.4, 0.5) is 5.69 Å². The Balaban J connectivity index is 1.89. The average Bonchev–Trinajstić information content (AvgIpc) is 3.13. The summed E-state index contributed by atoms with van der Waals surface area (Å²) in [6.07, 6.45) is 3.72. The first-order valence-corrected chi connectivity index (χ1v) is 7.02. The first kappa shape index (κ1) is 11.9. The fraction of sp³-hybridized carbons (Fsp3) is 0.143. The Hall–Kier alpha value is -2.14. The number of nitrogens with zero attached hydrogens (tertiary/aromatic N) is 3. The summed E-state index contributed by atoms with van der Waals surface area (Å²) in [5.41, 5.74) is 4.99. The average molecular weight is 270 g/mol. The van der Waals surface area contributed by atoms with E-state index in [1.807, 2.05) is 40.7 Å². The van der Waals surface area contributed by atoms with Crippen molar-refractivity contribution >= 4 is 17.0 Å². The van der Waals surface area contributed by atoms with Gasteiger partial charge in [0.25, 0.3) is 0 Å². The van der Waals surface area contributed by atoms with E-state index in [2.05, 4.69) is 33.8 Å². The zero-order chi connectivity index (χ0) is 13.1. The molecule has 0 saturated carbocycles. The van der Waals surface area contributed by atoms with E-state index in [0.29, 0.717) is 0 Å². The van der Waals surface area contributed by atoms with Gasteiger partial charge in [-0.05, 0) is 25.1 Å². The summed E-state index contributed by atoms with van der Waals surface area (Å²) in [7, 11) is 0. The van der Waals surface area contributed by atoms with Crippen LogP contribution >= 0.6 is 11.3 Å². The Kier molecular flexibility index (Phi) is 3.29. The van der Waals surface area contributed by atoms with Gasteiger partial charge in [0.2, 0.25) is 0 Å². The lowest BCUT2D eigenvalue weighted by molar-refractivity contribution is 0.834. The van der Waals surface area contributed by atoms with Crippen LogP contribution in [0.5, 0.6) is 0 Å². The Morgan fingerprint density at radius 2 is 2.16 bits per heavy atom. The van der Waals surface area contributed by atoms with E-state index in [-0.39, 0.29) is 6.04 Å². The van der Waals surface area contributed by atoms with E-state index in [0.717, 1.165) is 17.1 Å². The molecule has 2 heterocycles. The molecule has 3 rings (SSSR count). The Labute approximate surface area is 115 Å². The molecule has 0 aliphatic heterocycles. The molecule has 5 heteroatoms. The summed E-state index contributed by atoms with van der Waals surface area (Å²) >= 11 is 1.61. The van der Waals surface area contributed by atoms with E-state index >= 15 is 0 Å². The van der Waals surface area contributed by atoms with Crippen LogP contribution in [-0.2, 0) is 0 Å². The van der Waals surface area contributed by atoms with Crippen molar-refractivity contribution in [3.63, 3.8) is 0 Å². The minimum absolute atomic E-state index is 0.169. The smallest absolute Gasteiger partial charge is 0.0877 e. The highest BCUT2D eigenvalue weighted by Crippen LogP contribution is 2.24. The summed E-state index contributed by atoms with van der Waals surface area (Å²) in [5, 5.41) is 9.83. The van der Waals surface area contributed by atoms with Gasteiger partial charge in [-0.3, -0.25) is 0 Å². The van der Waals surface area contributed by atoms with Crippen LogP contribution in [0.15, 0.2) is 53.6 Å². The predicted octanol–water partition coefficient (Wildman–Crippen LogP) is 3.50. The molecule has 0 radical (unpaired) electrons. The van der Waals surface area contributed by atoms with Crippen molar-refractivity contribution < 1.29 is 0 Å².